The van der Waals surface area contributed by atoms with Gasteiger partial charge in [0.25, 0.3) is 5.91 Å². The van der Waals surface area contributed by atoms with E-state index in [4.69, 9.17) is 11.6 Å². The molecule has 138 valence electrons. The van der Waals surface area contributed by atoms with Crippen molar-refractivity contribution in [3.05, 3.63) is 64.7 Å². The van der Waals surface area contributed by atoms with Crippen LogP contribution in [0.1, 0.15) is 34.8 Å². The summed E-state index contributed by atoms with van der Waals surface area (Å²) >= 11 is 6.00. The number of likely N-dealkylation sites (tertiary alicyclic amines) is 1. The molecular weight excluding hydrogens is 346 g/mol. The lowest BCUT2D eigenvalue weighted by Crippen LogP contribution is -3.11. The average molecular weight is 373 g/mol. The zero-order valence-corrected chi connectivity index (χ0v) is 16.2. The van der Waals surface area contributed by atoms with Crippen molar-refractivity contribution in [1.82, 2.24) is 5.32 Å². The summed E-state index contributed by atoms with van der Waals surface area (Å²) in [6.07, 6.45) is 2.51. The third kappa shape index (κ3) is 4.57. The van der Waals surface area contributed by atoms with Crippen LogP contribution >= 0.6 is 11.6 Å². The highest BCUT2D eigenvalue weighted by atomic mass is 35.5. The van der Waals surface area contributed by atoms with Crippen molar-refractivity contribution >= 4 is 23.2 Å². The summed E-state index contributed by atoms with van der Waals surface area (Å²) in [5.74, 6) is -0.0685. The van der Waals surface area contributed by atoms with Crippen molar-refractivity contribution in [2.75, 3.05) is 38.6 Å². The fourth-order valence-electron chi connectivity index (χ4n) is 3.61. The number of carbonyl (C=O) groups excluding carboxylic acids is 1. The molecule has 2 aromatic carbocycles. The monoisotopic (exact) mass is 372 g/mol. The minimum Gasteiger partial charge on any atom is -0.378 e. The molecule has 1 aliphatic heterocycles. The van der Waals surface area contributed by atoms with E-state index >= 15 is 0 Å². The standard InChI is InChI=1S/C21H26ClN3O/c1-24(2)19-10-8-16(9-11-19)20(25-12-3-4-13-25)15-23-21(26)17-6-5-7-18(22)14-17/h5-11,14,20H,3-4,12-13,15H2,1-2H3,(H,23,26)/p+1/t20-/m0/s1. The first kappa shape index (κ1) is 18.7. The van der Waals surface area contributed by atoms with E-state index in [0.717, 1.165) is 13.1 Å². The lowest BCUT2D eigenvalue weighted by Gasteiger charge is -2.26. The molecule has 26 heavy (non-hydrogen) atoms. The van der Waals surface area contributed by atoms with Gasteiger partial charge in [0.1, 0.15) is 6.04 Å². The first-order valence-corrected chi connectivity index (χ1v) is 9.58. The fraction of sp³-hybridized carbons (Fsp3) is 0.381. The van der Waals surface area contributed by atoms with Crippen LogP contribution in [0.15, 0.2) is 48.5 Å². The summed E-state index contributed by atoms with van der Waals surface area (Å²) in [5.41, 5.74) is 3.07. The first-order chi connectivity index (χ1) is 12.5. The topological polar surface area (TPSA) is 36.8 Å². The number of halogens is 1. The highest BCUT2D eigenvalue weighted by Crippen LogP contribution is 2.17. The zero-order valence-electron chi connectivity index (χ0n) is 15.5. The van der Waals surface area contributed by atoms with Crippen LogP contribution in [-0.4, -0.2) is 39.6 Å². The van der Waals surface area contributed by atoms with Crippen LogP contribution in [0.25, 0.3) is 0 Å². The van der Waals surface area contributed by atoms with Crippen LogP contribution in [0.5, 0.6) is 0 Å². The van der Waals surface area contributed by atoms with E-state index in [9.17, 15) is 4.79 Å². The lowest BCUT2D eigenvalue weighted by molar-refractivity contribution is -0.918. The van der Waals surface area contributed by atoms with Crippen molar-refractivity contribution in [1.29, 1.82) is 0 Å². The Morgan fingerprint density at radius 1 is 1.15 bits per heavy atom. The number of hydrogen-bond donors (Lipinski definition) is 2. The van der Waals surface area contributed by atoms with Crippen LogP contribution in [0.2, 0.25) is 5.02 Å². The minimum absolute atomic E-state index is 0.0685. The molecule has 0 aliphatic carbocycles. The smallest absolute Gasteiger partial charge is 0.251 e. The van der Waals surface area contributed by atoms with Gasteiger partial charge in [-0.1, -0.05) is 29.8 Å². The molecule has 1 fully saturated rings. The Morgan fingerprint density at radius 3 is 2.46 bits per heavy atom. The van der Waals surface area contributed by atoms with Gasteiger partial charge in [0.15, 0.2) is 0 Å². The van der Waals surface area contributed by atoms with Crippen LogP contribution in [0.3, 0.4) is 0 Å². The molecule has 2 aromatic rings. The van der Waals surface area contributed by atoms with Crippen molar-refractivity contribution < 1.29 is 9.69 Å². The van der Waals surface area contributed by atoms with Gasteiger partial charge in [-0.2, -0.15) is 0 Å². The molecule has 0 saturated carbocycles. The van der Waals surface area contributed by atoms with Gasteiger partial charge in [-0.15, -0.1) is 0 Å². The predicted molar refractivity (Wildman–Crippen MR) is 107 cm³/mol. The van der Waals surface area contributed by atoms with Crippen molar-refractivity contribution in [2.24, 2.45) is 0 Å². The number of hydrogen-bond acceptors (Lipinski definition) is 2. The van der Waals surface area contributed by atoms with E-state index in [-0.39, 0.29) is 11.9 Å². The minimum atomic E-state index is -0.0685. The number of nitrogens with one attached hydrogen (secondary N) is 2. The zero-order chi connectivity index (χ0) is 18.5. The van der Waals surface area contributed by atoms with Gasteiger partial charge in [-0.25, -0.2) is 0 Å². The van der Waals surface area contributed by atoms with Crippen molar-refractivity contribution in [3.8, 4) is 0 Å². The van der Waals surface area contributed by atoms with Crippen LogP contribution in [-0.2, 0) is 0 Å². The summed E-state index contributed by atoms with van der Waals surface area (Å²) in [4.78, 5) is 16.2. The Morgan fingerprint density at radius 2 is 1.85 bits per heavy atom. The summed E-state index contributed by atoms with van der Waals surface area (Å²) in [6, 6.07) is 16.0. The first-order valence-electron chi connectivity index (χ1n) is 9.20. The Kier molecular flexibility index (Phi) is 6.17. The maximum Gasteiger partial charge on any atom is 0.251 e. The van der Waals surface area contributed by atoms with Gasteiger partial charge in [-0.3, -0.25) is 4.79 Å². The van der Waals surface area contributed by atoms with Gasteiger partial charge < -0.3 is 15.1 Å². The molecule has 4 nitrogen and oxygen atoms in total. The molecular formula is C21H27ClN3O+. The second-order valence-corrected chi connectivity index (χ2v) is 7.56. The molecule has 1 atom stereocenters. The Bertz CT molecular complexity index is 739. The third-order valence-electron chi connectivity index (χ3n) is 5.10. The van der Waals surface area contributed by atoms with E-state index in [1.807, 2.05) is 14.1 Å². The maximum absolute atomic E-state index is 12.5. The van der Waals surface area contributed by atoms with Gasteiger partial charge in [0.2, 0.25) is 0 Å². The summed E-state index contributed by atoms with van der Waals surface area (Å²) in [7, 11) is 4.09. The maximum atomic E-state index is 12.5. The fourth-order valence-corrected chi connectivity index (χ4v) is 3.80. The molecule has 1 aliphatic rings. The molecule has 1 heterocycles. The van der Waals surface area contributed by atoms with Gasteiger partial charge >= 0.3 is 0 Å². The third-order valence-corrected chi connectivity index (χ3v) is 5.34. The number of quaternary nitrogens is 1. The largest absolute Gasteiger partial charge is 0.378 e. The summed E-state index contributed by atoms with van der Waals surface area (Å²) < 4.78 is 0. The van der Waals surface area contributed by atoms with E-state index in [1.165, 1.54) is 24.1 Å². The number of benzene rings is 2. The quantitative estimate of drug-likeness (QED) is 0.817. The van der Waals surface area contributed by atoms with E-state index in [1.54, 1.807) is 29.2 Å². The van der Waals surface area contributed by atoms with E-state index in [0.29, 0.717) is 17.1 Å². The molecule has 1 saturated heterocycles. The van der Waals surface area contributed by atoms with Crippen molar-refractivity contribution in [2.45, 2.75) is 18.9 Å². The average Bonchev–Trinajstić information content (AvgIpc) is 3.16. The summed E-state index contributed by atoms with van der Waals surface area (Å²) in [6.45, 7) is 2.95. The van der Waals surface area contributed by atoms with Gasteiger partial charge in [-0.05, 0) is 30.3 Å². The van der Waals surface area contributed by atoms with Crippen LogP contribution < -0.4 is 15.1 Å². The number of anilines is 1. The molecule has 5 heteroatoms. The van der Waals surface area contributed by atoms with Gasteiger partial charge in [0.05, 0.1) is 19.6 Å². The van der Waals surface area contributed by atoms with Crippen molar-refractivity contribution in [3.63, 3.8) is 0 Å². The molecule has 0 unspecified atom stereocenters. The molecule has 2 N–H and O–H groups in total. The summed E-state index contributed by atoms with van der Waals surface area (Å²) in [5, 5.41) is 3.69. The number of carbonyl (C=O) groups is 1. The highest BCUT2D eigenvalue weighted by Gasteiger charge is 2.28. The Hall–Kier alpha value is -2.04. The molecule has 1 amide bonds. The lowest BCUT2D eigenvalue weighted by atomic mass is 10.0. The molecule has 0 bridgehead atoms. The highest BCUT2D eigenvalue weighted by molar-refractivity contribution is 6.30. The molecule has 3 rings (SSSR count). The number of amides is 1. The molecule has 0 aromatic heterocycles. The second kappa shape index (κ2) is 8.56. The molecule has 0 radical (unpaired) electrons. The predicted octanol–water partition coefficient (Wildman–Crippen LogP) is 2.56. The normalized spacial score (nSPS) is 15.7. The van der Waals surface area contributed by atoms with Crippen LogP contribution in [0, 0.1) is 0 Å². The Balaban J connectivity index is 1.73. The SMILES string of the molecule is CN(C)c1ccc([C@H](CNC(=O)c2cccc(Cl)c2)[NH+]2CCCC2)cc1. The van der Waals surface area contributed by atoms with Crippen LogP contribution in [0.4, 0.5) is 5.69 Å². The van der Waals surface area contributed by atoms with E-state index < -0.39 is 0 Å². The Labute approximate surface area is 160 Å². The van der Waals surface area contributed by atoms with E-state index in [2.05, 4.69) is 34.5 Å². The van der Waals surface area contributed by atoms with Gasteiger partial charge in [0, 0.05) is 48.8 Å². The molecule has 0 spiro atoms. The number of nitrogens with zero attached hydrogens (tertiary/aromatic N) is 1. The number of rotatable bonds is 6. The second-order valence-electron chi connectivity index (χ2n) is 7.12.